The first-order valence-corrected chi connectivity index (χ1v) is 7.06. The van der Waals surface area contributed by atoms with E-state index in [1.54, 1.807) is 0 Å². The first kappa shape index (κ1) is 12.9. The smallest absolute Gasteiger partial charge is 0.00202 e. The van der Waals surface area contributed by atoms with Crippen molar-refractivity contribution >= 4 is 0 Å². The molecule has 0 heterocycles. The van der Waals surface area contributed by atoms with Crippen LogP contribution in [0.1, 0.15) is 33.1 Å². The van der Waals surface area contributed by atoms with Gasteiger partial charge in [-0.15, -0.1) is 6.58 Å². The van der Waals surface area contributed by atoms with Crippen LogP contribution in [0.15, 0.2) is 24.8 Å². The fourth-order valence-electron chi connectivity index (χ4n) is 3.81. The number of hydrogen-bond acceptors (Lipinski definition) is 1. The van der Waals surface area contributed by atoms with Crippen LogP contribution in [-0.2, 0) is 0 Å². The number of nitrogens with one attached hydrogen (secondary N) is 1. The van der Waals surface area contributed by atoms with Crippen molar-refractivity contribution in [2.45, 2.75) is 33.1 Å². The lowest BCUT2D eigenvalue weighted by atomic mass is 9.76. The predicted molar refractivity (Wildman–Crippen MR) is 74.9 cm³/mol. The van der Waals surface area contributed by atoms with Gasteiger partial charge in [-0.05, 0) is 61.9 Å². The van der Waals surface area contributed by atoms with Crippen molar-refractivity contribution in [3.8, 4) is 0 Å². The van der Waals surface area contributed by atoms with Crippen molar-refractivity contribution in [1.29, 1.82) is 0 Å². The van der Waals surface area contributed by atoms with Crippen molar-refractivity contribution in [3.63, 3.8) is 0 Å². The fourth-order valence-corrected chi connectivity index (χ4v) is 3.81. The van der Waals surface area contributed by atoms with Gasteiger partial charge < -0.3 is 5.32 Å². The molecule has 2 rings (SSSR count). The summed E-state index contributed by atoms with van der Waals surface area (Å²) in [6, 6.07) is 0. The highest BCUT2D eigenvalue weighted by Crippen LogP contribution is 2.57. The van der Waals surface area contributed by atoms with Crippen LogP contribution in [0.25, 0.3) is 0 Å². The summed E-state index contributed by atoms with van der Waals surface area (Å²) in [6.45, 7) is 9.86. The van der Waals surface area contributed by atoms with Gasteiger partial charge in [-0.3, -0.25) is 0 Å². The molecule has 0 radical (unpaired) electrons. The van der Waals surface area contributed by atoms with Crippen LogP contribution in [0, 0.1) is 29.1 Å². The second-order valence-electron chi connectivity index (χ2n) is 6.38. The minimum atomic E-state index is 0.392. The van der Waals surface area contributed by atoms with E-state index in [1.807, 2.05) is 0 Å². The van der Waals surface area contributed by atoms with Crippen LogP contribution in [0.2, 0.25) is 0 Å². The van der Waals surface area contributed by atoms with E-state index in [9.17, 15) is 0 Å². The average molecular weight is 233 g/mol. The summed E-state index contributed by atoms with van der Waals surface area (Å²) in [5, 5.41) is 3.39. The van der Waals surface area contributed by atoms with E-state index in [2.05, 4.69) is 51.0 Å². The van der Waals surface area contributed by atoms with Gasteiger partial charge in [0.15, 0.2) is 0 Å². The molecule has 2 aliphatic rings. The van der Waals surface area contributed by atoms with Crippen LogP contribution in [0.4, 0.5) is 0 Å². The molecule has 1 nitrogen and oxygen atoms in total. The fraction of sp³-hybridized carbons (Fsp3) is 0.750. The van der Waals surface area contributed by atoms with Gasteiger partial charge in [-0.1, -0.05) is 32.1 Å². The van der Waals surface area contributed by atoms with E-state index in [0.717, 1.165) is 30.1 Å². The Morgan fingerprint density at radius 2 is 2.29 bits per heavy atom. The van der Waals surface area contributed by atoms with Crippen LogP contribution in [-0.4, -0.2) is 13.6 Å². The summed E-state index contributed by atoms with van der Waals surface area (Å²) in [5.41, 5.74) is 0.392. The number of rotatable bonds is 5. The molecular weight excluding hydrogens is 206 g/mol. The Morgan fingerprint density at radius 3 is 2.94 bits per heavy atom. The first-order valence-electron chi connectivity index (χ1n) is 7.06. The third-order valence-electron chi connectivity index (χ3n) is 4.90. The van der Waals surface area contributed by atoms with Gasteiger partial charge in [0.1, 0.15) is 0 Å². The molecule has 96 valence electrons. The second-order valence-corrected chi connectivity index (χ2v) is 6.38. The Balaban J connectivity index is 2.07. The standard InChI is InChI=1S/C16H27N/c1-5-6-8-16(3)9-7-14-12(2)15(14)13(10-16)11-17-4/h5,7,9,12-15,17H,1,6,8,10-11H2,2-4H3. The van der Waals surface area contributed by atoms with Gasteiger partial charge in [0.25, 0.3) is 0 Å². The van der Waals surface area contributed by atoms with Crippen LogP contribution >= 0.6 is 0 Å². The lowest BCUT2D eigenvalue weighted by molar-refractivity contribution is 0.261. The summed E-state index contributed by atoms with van der Waals surface area (Å²) in [7, 11) is 2.08. The Morgan fingerprint density at radius 1 is 1.53 bits per heavy atom. The van der Waals surface area contributed by atoms with E-state index >= 15 is 0 Å². The molecule has 0 saturated heterocycles. The molecule has 2 aliphatic carbocycles. The van der Waals surface area contributed by atoms with Gasteiger partial charge in [0.2, 0.25) is 0 Å². The van der Waals surface area contributed by atoms with Gasteiger partial charge in [0.05, 0.1) is 0 Å². The highest BCUT2D eigenvalue weighted by atomic mass is 14.8. The van der Waals surface area contributed by atoms with E-state index in [1.165, 1.54) is 19.4 Å². The predicted octanol–water partition coefficient (Wildman–Crippen LogP) is 3.64. The maximum Gasteiger partial charge on any atom is -0.00202 e. The lowest BCUT2D eigenvalue weighted by Gasteiger charge is -2.30. The molecule has 0 bridgehead atoms. The van der Waals surface area contributed by atoms with Gasteiger partial charge >= 0.3 is 0 Å². The normalized spacial score (nSPS) is 43.9. The van der Waals surface area contributed by atoms with Gasteiger partial charge in [-0.25, -0.2) is 0 Å². The SMILES string of the molecule is C=CCCC1(C)C=CC2C(C)C2C(CNC)C1. The van der Waals surface area contributed by atoms with Gasteiger partial charge in [-0.2, -0.15) is 0 Å². The molecule has 17 heavy (non-hydrogen) atoms. The maximum absolute atomic E-state index is 3.85. The Kier molecular flexibility index (Phi) is 3.77. The van der Waals surface area contributed by atoms with Crippen molar-refractivity contribution in [1.82, 2.24) is 5.32 Å². The zero-order valence-corrected chi connectivity index (χ0v) is 11.6. The third-order valence-corrected chi connectivity index (χ3v) is 4.90. The molecule has 0 amide bonds. The van der Waals surface area contributed by atoms with Gasteiger partial charge in [0, 0.05) is 0 Å². The second kappa shape index (κ2) is 4.97. The van der Waals surface area contributed by atoms with Crippen LogP contribution in [0.3, 0.4) is 0 Å². The molecule has 1 N–H and O–H groups in total. The molecule has 1 heteroatoms. The molecule has 1 fully saturated rings. The summed E-state index contributed by atoms with van der Waals surface area (Å²) in [4.78, 5) is 0. The topological polar surface area (TPSA) is 12.0 Å². The number of fused-ring (bicyclic) bond motifs is 1. The summed E-state index contributed by atoms with van der Waals surface area (Å²) in [6.07, 6.45) is 10.8. The van der Waals surface area contributed by atoms with E-state index in [0.29, 0.717) is 5.41 Å². The minimum absolute atomic E-state index is 0.392. The Labute approximate surface area is 106 Å². The minimum Gasteiger partial charge on any atom is -0.319 e. The first-order chi connectivity index (χ1) is 8.11. The summed E-state index contributed by atoms with van der Waals surface area (Å²) in [5.74, 6) is 3.56. The molecule has 1 saturated carbocycles. The highest BCUT2D eigenvalue weighted by molar-refractivity contribution is 5.16. The number of allylic oxidation sites excluding steroid dienone is 3. The molecule has 0 aromatic carbocycles. The van der Waals surface area contributed by atoms with E-state index in [4.69, 9.17) is 0 Å². The van der Waals surface area contributed by atoms with Crippen LogP contribution < -0.4 is 5.32 Å². The van der Waals surface area contributed by atoms with Crippen molar-refractivity contribution in [2.75, 3.05) is 13.6 Å². The van der Waals surface area contributed by atoms with E-state index in [-0.39, 0.29) is 0 Å². The summed E-state index contributed by atoms with van der Waals surface area (Å²) >= 11 is 0. The Hall–Kier alpha value is -0.560. The molecule has 0 spiro atoms. The molecule has 5 atom stereocenters. The molecule has 0 aliphatic heterocycles. The largest absolute Gasteiger partial charge is 0.319 e. The molecular formula is C16H27N. The van der Waals surface area contributed by atoms with Crippen LogP contribution in [0.5, 0.6) is 0 Å². The molecule has 5 unspecified atom stereocenters. The Bertz CT molecular complexity index is 307. The number of hydrogen-bond donors (Lipinski definition) is 1. The summed E-state index contributed by atoms with van der Waals surface area (Å²) < 4.78 is 0. The lowest BCUT2D eigenvalue weighted by Crippen LogP contribution is -2.27. The molecule has 0 aromatic heterocycles. The zero-order valence-electron chi connectivity index (χ0n) is 11.6. The molecule has 0 aromatic rings. The highest BCUT2D eigenvalue weighted by Gasteiger charge is 2.51. The third kappa shape index (κ3) is 2.65. The van der Waals surface area contributed by atoms with Crippen molar-refractivity contribution in [3.05, 3.63) is 24.8 Å². The monoisotopic (exact) mass is 233 g/mol. The van der Waals surface area contributed by atoms with Crippen molar-refractivity contribution in [2.24, 2.45) is 29.1 Å². The average Bonchev–Trinajstić information content (AvgIpc) is 2.97. The van der Waals surface area contributed by atoms with Crippen molar-refractivity contribution < 1.29 is 0 Å². The van der Waals surface area contributed by atoms with E-state index < -0.39 is 0 Å². The maximum atomic E-state index is 3.85. The zero-order chi connectivity index (χ0) is 12.5. The quantitative estimate of drug-likeness (QED) is 0.715.